The molecule has 5 aromatic rings. The minimum atomic E-state index is -0.645. The van der Waals surface area contributed by atoms with Crippen molar-refractivity contribution in [2.45, 2.75) is 25.1 Å². The minimum Gasteiger partial charge on any atom is -0.488 e. The number of para-hydroxylation sites is 1. The largest absolute Gasteiger partial charge is 0.488 e. The van der Waals surface area contributed by atoms with Gasteiger partial charge >= 0.3 is 0 Å². The quantitative estimate of drug-likeness (QED) is 0.276. The highest BCUT2D eigenvalue weighted by molar-refractivity contribution is 7.20. The monoisotopic (exact) mass is 637 g/mol. The van der Waals surface area contributed by atoms with Crippen LogP contribution in [0.5, 0.6) is 11.5 Å². The van der Waals surface area contributed by atoms with Gasteiger partial charge in [-0.15, -0.1) is 11.3 Å². The van der Waals surface area contributed by atoms with Gasteiger partial charge in [0.25, 0.3) is 17.7 Å². The van der Waals surface area contributed by atoms with Gasteiger partial charge < -0.3 is 25.0 Å². The van der Waals surface area contributed by atoms with Crippen LogP contribution in [0.3, 0.4) is 0 Å². The molecule has 232 valence electrons. The molecule has 4 heterocycles. The number of aromatic nitrogens is 2. The number of rotatable bonds is 1. The van der Waals surface area contributed by atoms with Crippen LogP contribution in [0.15, 0.2) is 85.2 Å². The number of likely N-dealkylation sites (tertiary alicyclic amines) is 1. The molecule has 1 saturated heterocycles. The average molecular weight is 638 g/mol. The summed E-state index contributed by atoms with van der Waals surface area (Å²) in [6, 6.07) is 20.0. The lowest BCUT2D eigenvalue weighted by atomic mass is 10.0. The summed E-state index contributed by atoms with van der Waals surface area (Å²) in [6.45, 7) is 0.315. The highest BCUT2D eigenvalue weighted by Crippen LogP contribution is 2.28. The summed E-state index contributed by atoms with van der Waals surface area (Å²) in [5.74, 6) is -0.842. The van der Waals surface area contributed by atoms with Crippen molar-refractivity contribution in [2.24, 2.45) is 0 Å². The van der Waals surface area contributed by atoms with Crippen molar-refractivity contribution < 1.29 is 28.2 Å². The van der Waals surface area contributed by atoms with Gasteiger partial charge in [-0.2, -0.15) is 0 Å². The Morgan fingerprint density at radius 3 is 2.72 bits per heavy atom. The maximum absolute atomic E-state index is 14.7. The van der Waals surface area contributed by atoms with Crippen molar-refractivity contribution in [1.82, 2.24) is 25.5 Å². The molecule has 0 unspecified atom stereocenters. The van der Waals surface area contributed by atoms with Gasteiger partial charge in [-0.1, -0.05) is 24.3 Å². The van der Waals surface area contributed by atoms with Gasteiger partial charge in [-0.3, -0.25) is 19.4 Å². The first-order valence-electron chi connectivity index (χ1n) is 14.7. The van der Waals surface area contributed by atoms with Crippen molar-refractivity contribution in [2.75, 3.05) is 19.7 Å². The second-order valence-electron chi connectivity index (χ2n) is 11.1. The zero-order valence-corrected chi connectivity index (χ0v) is 25.3. The molecule has 0 saturated carbocycles. The van der Waals surface area contributed by atoms with Gasteiger partial charge in [0.15, 0.2) is 11.6 Å². The van der Waals surface area contributed by atoms with Gasteiger partial charge in [-0.25, -0.2) is 9.37 Å². The standard InChI is InChI=1S/C34H28FN5O5S/c35-24-10-20-11-26(14-24)45-29-8-9-40(34(43)33-39-27-6-1-2-7-30(27)46-33)18-28(29)38-32(42)23-12-22(16-36-17-23)21-4-3-5-25(13-21)44-19-31(41)37-15-20/h1-7,10-14,16-17,28-29H,8-9,15,18-19H2,(H,37,41)(H,38,42)/t28-,29+/m1/s1. The summed E-state index contributed by atoms with van der Waals surface area (Å²) in [7, 11) is 0. The number of hydrogen-bond donors (Lipinski definition) is 2. The number of fused-ring (bicyclic) bond motifs is 9. The normalized spacial score (nSPS) is 18.5. The lowest BCUT2D eigenvalue weighted by molar-refractivity contribution is -0.123. The summed E-state index contributed by atoms with van der Waals surface area (Å²) in [6.07, 6.45) is 2.88. The fourth-order valence-electron chi connectivity index (χ4n) is 5.60. The van der Waals surface area contributed by atoms with Crippen LogP contribution >= 0.6 is 11.3 Å². The second-order valence-corrected chi connectivity index (χ2v) is 12.1. The van der Waals surface area contributed by atoms with E-state index in [9.17, 15) is 18.8 Å². The molecule has 10 nitrogen and oxygen atoms in total. The molecule has 3 aromatic carbocycles. The van der Waals surface area contributed by atoms with Crippen molar-refractivity contribution >= 4 is 39.3 Å². The predicted octanol–water partition coefficient (Wildman–Crippen LogP) is 4.60. The first-order valence-corrected chi connectivity index (χ1v) is 15.6. The molecule has 2 aliphatic rings. The van der Waals surface area contributed by atoms with E-state index in [1.165, 1.54) is 29.7 Å². The van der Waals surface area contributed by atoms with E-state index in [2.05, 4.69) is 20.6 Å². The van der Waals surface area contributed by atoms with Crippen LogP contribution in [0.4, 0.5) is 4.39 Å². The highest BCUT2D eigenvalue weighted by atomic mass is 32.1. The lowest BCUT2D eigenvalue weighted by Crippen LogP contribution is -2.58. The zero-order valence-electron chi connectivity index (χ0n) is 24.4. The Kier molecular flexibility index (Phi) is 8.02. The number of piperidine rings is 1. The Balaban J connectivity index is 1.21. The Hall–Kier alpha value is -5.36. The zero-order chi connectivity index (χ0) is 31.6. The average Bonchev–Trinajstić information content (AvgIpc) is 3.51. The number of nitrogens with one attached hydrogen (secondary N) is 2. The molecule has 3 amide bonds. The Morgan fingerprint density at radius 1 is 0.957 bits per heavy atom. The second kappa shape index (κ2) is 12.6. The van der Waals surface area contributed by atoms with E-state index in [-0.39, 0.29) is 37.3 Å². The van der Waals surface area contributed by atoms with E-state index in [0.717, 1.165) is 15.8 Å². The Morgan fingerprint density at radius 2 is 1.83 bits per heavy atom. The van der Waals surface area contributed by atoms with Crippen LogP contribution < -0.4 is 20.1 Å². The summed E-state index contributed by atoms with van der Waals surface area (Å²) >= 11 is 1.32. The van der Waals surface area contributed by atoms with Crippen LogP contribution in [0.2, 0.25) is 0 Å². The molecular weight excluding hydrogens is 609 g/mol. The topological polar surface area (TPSA) is 123 Å². The molecule has 2 aromatic heterocycles. The van der Waals surface area contributed by atoms with Crippen LogP contribution in [-0.2, 0) is 11.3 Å². The van der Waals surface area contributed by atoms with Crippen molar-refractivity contribution in [3.05, 3.63) is 107 Å². The molecule has 46 heavy (non-hydrogen) atoms. The van der Waals surface area contributed by atoms with Gasteiger partial charge in [0.2, 0.25) is 0 Å². The van der Waals surface area contributed by atoms with Crippen molar-refractivity contribution in [3.63, 3.8) is 0 Å². The third kappa shape index (κ3) is 6.38. The van der Waals surface area contributed by atoms with E-state index in [4.69, 9.17) is 9.47 Å². The van der Waals surface area contributed by atoms with Crippen molar-refractivity contribution in [1.29, 1.82) is 0 Å². The highest BCUT2D eigenvalue weighted by Gasteiger charge is 2.36. The van der Waals surface area contributed by atoms with Crippen LogP contribution in [0.1, 0.15) is 32.1 Å². The Bertz CT molecular complexity index is 1930. The van der Waals surface area contributed by atoms with E-state index in [1.54, 1.807) is 41.4 Å². The van der Waals surface area contributed by atoms with Gasteiger partial charge in [0, 0.05) is 50.1 Å². The van der Waals surface area contributed by atoms with E-state index in [1.807, 2.05) is 30.3 Å². The number of nitrogens with zero attached hydrogens (tertiary/aromatic N) is 3. The van der Waals surface area contributed by atoms with Crippen LogP contribution in [0, 0.1) is 5.82 Å². The summed E-state index contributed by atoms with van der Waals surface area (Å²) < 4.78 is 27.6. The van der Waals surface area contributed by atoms with Crippen molar-refractivity contribution in [3.8, 4) is 22.6 Å². The molecule has 12 heteroatoms. The number of carbonyl (C=O) groups is 3. The molecular formula is C34H28FN5O5S. The molecule has 0 radical (unpaired) electrons. The first kappa shape index (κ1) is 29.4. The minimum absolute atomic E-state index is 0.0587. The predicted molar refractivity (Wildman–Crippen MR) is 169 cm³/mol. The molecule has 0 spiro atoms. The fourth-order valence-corrected chi connectivity index (χ4v) is 6.53. The van der Waals surface area contributed by atoms with Gasteiger partial charge in [0.05, 0.1) is 21.8 Å². The molecule has 2 aliphatic heterocycles. The van der Waals surface area contributed by atoms with E-state index in [0.29, 0.717) is 40.4 Å². The number of pyridine rings is 1. The van der Waals surface area contributed by atoms with E-state index < -0.39 is 23.9 Å². The third-order valence-electron chi connectivity index (χ3n) is 7.88. The number of amides is 3. The van der Waals surface area contributed by atoms with Crippen LogP contribution in [-0.4, -0.2) is 64.4 Å². The molecule has 6 bridgehead atoms. The number of halogens is 1. The molecule has 2 atom stereocenters. The number of benzene rings is 3. The maximum Gasteiger partial charge on any atom is 0.282 e. The van der Waals surface area contributed by atoms with Gasteiger partial charge in [-0.05, 0) is 53.6 Å². The molecule has 7 rings (SSSR count). The molecule has 1 fully saturated rings. The molecule has 0 aliphatic carbocycles. The number of ether oxygens (including phenoxy) is 2. The van der Waals surface area contributed by atoms with Gasteiger partial charge in [0.1, 0.15) is 23.4 Å². The summed E-state index contributed by atoms with van der Waals surface area (Å²) in [5, 5.41) is 6.16. The number of hydrogen-bond acceptors (Lipinski definition) is 8. The van der Waals surface area contributed by atoms with Crippen LogP contribution in [0.25, 0.3) is 21.3 Å². The Labute approximate surface area is 267 Å². The lowest BCUT2D eigenvalue weighted by Gasteiger charge is -2.38. The molecule has 2 N–H and O–H groups in total. The summed E-state index contributed by atoms with van der Waals surface area (Å²) in [4.78, 5) is 50.3. The maximum atomic E-state index is 14.7. The SMILES string of the molecule is O=C1COc2cccc(c2)-c2cncc(c2)C(=O)N[C@@H]2CN(C(=O)c3nc4ccccc4s3)CC[C@@H]2Oc2cc(F)cc(c2)CN1. The fraction of sp³-hybridized carbons (Fsp3) is 0.206. The first-order chi connectivity index (χ1) is 22.4. The third-order valence-corrected chi connectivity index (χ3v) is 8.90. The number of thiazole rings is 1. The smallest absolute Gasteiger partial charge is 0.282 e. The summed E-state index contributed by atoms with van der Waals surface area (Å²) in [5.41, 5.74) is 2.97. The van der Waals surface area contributed by atoms with E-state index >= 15 is 0 Å². The number of carbonyl (C=O) groups excluding carboxylic acids is 3.